The maximum atomic E-state index is 14.1. The minimum absolute atomic E-state index is 0.0134. The number of aromatic amines is 1. The van der Waals surface area contributed by atoms with Crippen LogP contribution >= 0.6 is 12.6 Å². The van der Waals surface area contributed by atoms with E-state index in [0.29, 0.717) is 12.2 Å². The quantitative estimate of drug-likeness (QED) is 0.506. The van der Waals surface area contributed by atoms with Crippen LogP contribution in [0.2, 0.25) is 0 Å². The molecule has 1 unspecified atom stereocenters. The first-order valence-corrected chi connectivity index (χ1v) is 9.19. The Morgan fingerprint density at radius 3 is 2.61 bits per heavy atom. The Kier molecular flexibility index (Phi) is 4.95. The van der Waals surface area contributed by atoms with Crippen LogP contribution in [0.4, 0.5) is 8.78 Å². The zero-order chi connectivity index (χ0) is 19.7. The molecule has 2 aromatic heterocycles. The number of hydrogen-bond donors (Lipinski definition) is 2. The molecule has 0 saturated heterocycles. The van der Waals surface area contributed by atoms with Crippen LogP contribution in [0.3, 0.4) is 0 Å². The van der Waals surface area contributed by atoms with Crippen LogP contribution in [0, 0.1) is 11.6 Å². The molecule has 142 valence electrons. The van der Waals surface area contributed by atoms with Crippen LogP contribution in [0.25, 0.3) is 5.78 Å². The molecule has 0 fully saturated rings. The molecule has 0 radical (unpaired) electrons. The summed E-state index contributed by atoms with van der Waals surface area (Å²) in [5.41, 5.74) is 0.980. The largest absolute Gasteiger partial charge is 0.275 e. The highest BCUT2D eigenvalue weighted by atomic mass is 32.1. The van der Waals surface area contributed by atoms with E-state index >= 15 is 0 Å². The molecule has 5 nitrogen and oxygen atoms in total. The van der Waals surface area contributed by atoms with Crippen molar-refractivity contribution in [3.05, 3.63) is 99.2 Å². The summed E-state index contributed by atoms with van der Waals surface area (Å²) in [7, 11) is 0. The number of thiol groups is 1. The predicted molar refractivity (Wildman–Crippen MR) is 105 cm³/mol. The maximum Gasteiger partial charge on any atom is 0.274 e. The van der Waals surface area contributed by atoms with Crippen LogP contribution < -0.4 is 5.56 Å². The van der Waals surface area contributed by atoms with E-state index in [1.165, 1.54) is 22.7 Å². The summed E-state index contributed by atoms with van der Waals surface area (Å²) in [6, 6.07) is 15.0. The lowest BCUT2D eigenvalue weighted by atomic mass is 10.1. The van der Waals surface area contributed by atoms with Gasteiger partial charge in [0, 0.05) is 18.1 Å². The van der Waals surface area contributed by atoms with Gasteiger partial charge in [0.2, 0.25) is 0 Å². The van der Waals surface area contributed by atoms with Crippen molar-refractivity contribution in [2.45, 2.75) is 18.1 Å². The van der Waals surface area contributed by atoms with E-state index in [0.717, 1.165) is 18.1 Å². The molecule has 0 saturated carbocycles. The second kappa shape index (κ2) is 7.55. The molecule has 2 aromatic carbocycles. The Labute approximate surface area is 164 Å². The normalized spacial score (nSPS) is 12.4. The van der Waals surface area contributed by atoms with E-state index in [1.54, 1.807) is 0 Å². The first kappa shape index (κ1) is 18.4. The van der Waals surface area contributed by atoms with Gasteiger partial charge in [-0.1, -0.05) is 42.5 Å². The molecule has 8 heteroatoms. The molecule has 4 rings (SSSR count). The highest BCUT2D eigenvalue weighted by Crippen LogP contribution is 2.29. The van der Waals surface area contributed by atoms with Crippen molar-refractivity contribution in [2.24, 2.45) is 0 Å². The number of rotatable bonds is 5. The van der Waals surface area contributed by atoms with Gasteiger partial charge >= 0.3 is 0 Å². The zero-order valence-electron chi connectivity index (χ0n) is 14.6. The third-order valence-corrected chi connectivity index (χ3v) is 4.99. The van der Waals surface area contributed by atoms with Crippen molar-refractivity contribution in [3.8, 4) is 0 Å². The van der Waals surface area contributed by atoms with Crippen molar-refractivity contribution >= 4 is 18.4 Å². The lowest BCUT2D eigenvalue weighted by molar-refractivity contribution is 0.500. The molecule has 28 heavy (non-hydrogen) atoms. The summed E-state index contributed by atoms with van der Waals surface area (Å²) in [5.74, 6) is -1.20. The Morgan fingerprint density at radius 2 is 1.82 bits per heavy atom. The molecule has 0 aliphatic carbocycles. The molecule has 1 N–H and O–H groups in total. The van der Waals surface area contributed by atoms with Gasteiger partial charge in [0.25, 0.3) is 11.3 Å². The molecule has 0 aliphatic rings. The van der Waals surface area contributed by atoms with E-state index in [2.05, 4.69) is 27.7 Å². The summed E-state index contributed by atoms with van der Waals surface area (Å²) in [5, 5.41) is 2.04. The third kappa shape index (κ3) is 3.55. The average Bonchev–Trinajstić information content (AvgIpc) is 3.12. The monoisotopic (exact) mass is 398 g/mol. The van der Waals surface area contributed by atoms with Crippen molar-refractivity contribution < 1.29 is 8.78 Å². The molecular formula is C20H16F2N4OS. The number of H-pyrrole nitrogens is 1. The first-order chi connectivity index (χ1) is 13.5. The van der Waals surface area contributed by atoms with Crippen LogP contribution in [-0.2, 0) is 12.8 Å². The average molecular weight is 398 g/mol. The Balaban J connectivity index is 1.64. The van der Waals surface area contributed by atoms with Gasteiger partial charge in [0.15, 0.2) is 11.6 Å². The van der Waals surface area contributed by atoms with E-state index in [-0.39, 0.29) is 17.0 Å². The number of benzene rings is 2. The lowest BCUT2D eigenvalue weighted by Crippen LogP contribution is -2.17. The van der Waals surface area contributed by atoms with Crippen LogP contribution in [0.15, 0.2) is 59.4 Å². The summed E-state index contributed by atoms with van der Waals surface area (Å²) in [4.78, 5) is 21.1. The molecule has 0 aliphatic heterocycles. The van der Waals surface area contributed by atoms with Gasteiger partial charge in [-0.05, 0) is 18.1 Å². The van der Waals surface area contributed by atoms with E-state index in [4.69, 9.17) is 0 Å². The molecule has 4 aromatic rings. The number of hydrogen-bond acceptors (Lipinski definition) is 4. The number of fused-ring (bicyclic) bond motifs is 1. The predicted octanol–water partition coefficient (Wildman–Crippen LogP) is 3.50. The Hall–Kier alpha value is -3.00. The number of aromatic nitrogens is 4. The highest BCUT2D eigenvalue weighted by Gasteiger charge is 2.20. The van der Waals surface area contributed by atoms with Gasteiger partial charge in [-0.25, -0.2) is 13.8 Å². The van der Waals surface area contributed by atoms with E-state index in [9.17, 15) is 13.6 Å². The number of halogens is 2. The molecule has 0 bridgehead atoms. The van der Waals surface area contributed by atoms with Crippen molar-refractivity contribution in [1.82, 2.24) is 19.6 Å². The molecule has 1 atom stereocenters. The number of nitrogens with one attached hydrogen (secondary N) is 1. The summed E-state index contributed by atoms with van der Waals surface area (Å²) < 4.78 is 28.8. The third-order valence-electron chi connectivity index (χ3n) is 4.45. The number of aryl methyl sites for hydroxylation is 2. The van der Waals surface area contributed by atoms with Gasteiger partial charge in [-0.15, -0.1) is 0 Å². The Bertz CT molecular complexity index is 1190. The fraction of sp³-hybridized carbons (Fsp3) is 0.150. The first-order valence-electron chi connectivity index (χ1n) is 8.67. The van der Waals surface area contributed by atoms with Gasteiger partial charge in [-0.3, -0.25) is 9.89 Å². The molecule has 0 amide bonds. The minimum atomic E-state index is -1.00. The van der Waals surface area contributed by atoms with Gasteiger partial charge in [0.1, 0.15) is 5.82 Å². The smallest absolute Gasteiger partial charge is 0.274 e. The maximum absolute atomic E-state index is 14.1. The standard InChI is InChI=1S/C20H16F2N4OS/c21-14-8-4-7-13(18(14)22)19(28)15-11-17(27)26-20(23-15)24-16(25-26)10-9-12-5-2-1-3-6-12/h1-8,11,19,28H,9-10H2,(H,23,24,25). The summed E-state index contributed by atoms with van der Waals surface area (Å²) in [6.07, 6.45) is 1.36. The fourth-order valence-electron chi connectivity index (χ4n) is 2.99. The van der Waals surface area contributed by atoms with Crippen LogP contribution in [0.5, 0.6) is 0 Å². The summed E-state index contributed by atoms with van der Waals surface area (Å²) >= 11 is 4.34. The van der Waals surface area contributed by atoms with Crippen LogP contribution in [0.1, 0.15) is 27.9 Å². The number of nitrogens with zero attached hydrogens (tertiary/aromatic N) is 3. The van der Waals surface area contributed by atoms with Gasteiger partial charge in [-0.2, -0.15) is 22.1 Å². The van der Waals surface area contributed by atoms with Gasteiger partial charge < -0.3 is 0 Å². The lowest BCUT2D eigenvalue weighted by Gasteiger charge is -2.11. The van der Waals surface area contributed by atoms with Gasteiger partial charge in [0.05, 0.1) is 10.9 Å². The SMILES string of the molecule is O=c1cc(C(S)c2cccc(F)c2F)nc2nc(CCc3ccccc3)[nH]n12. The molecule has 0 spiro atoms. The Morgan fingerprint density at radius 1 is 1.04 bits per heavy atom. The van der Waals surface area contributed by atoms with Crippen molar-refractivity contribution in [3.63, 3.8) is 0 Å². The van der Waals surface area contributed by atoms with Crippen molar-refractivity contribution in [1.29, 1.82) is 0 Å². The van der Waals surface area contributed by atoms with E-state index < -0.39 is 22.4 Å². The van der Waals surface area contributed by atoms with Crippen LogP contribution in [-0.4, -0.2) is 19.6 Å². The second-order valence-electron chi connectivity index (χ2n) is 6.36. The molecule has 2 heterocycles. The zero-order valence-corrected chi connectivity index (χ0v) is 15.5. The second-order valence-corrected chi connectivity index (χ2v) is 6.87. The van der Waals surface area contributed by atoms with Crippen molar-refractivity contribution in [2.75, 3.05) is 0 Å². The minimum Gasteiger partial charge on any atom is -0.275 e. The van der Waals surface area contributed by atoms with E-state index in [1.807, 2.05) is 30.3 Å². The summed E-state index contributed by atoms with van der Waals surface area (Å²) in [6.45, 7) is 0. The fourth-order valence-corrected chi connectivity index (χ4v) is 3.32. The molecular weight excluding hydrogens is 382 g/mol. The topological polar surface area (TPSA) is 63.0 Å². The highest BCUT2D eigenvalue weighted by molar-refractivity contribution is 7.80.